The van der Waals surface area contributed by atoms with Crippen LogP contribution in [0.5, 0.6) is 0 Å². The molecule has 0 aliphatic heterocycles. The number of halogens is 4. The number of alkyl halides is 3. The number of hydrogen-bond acceptors (Lipinski definition) is 2. The molecule has 120 valence electrons. The number of hydrogen-bond donors (Lipinski definition) is 1. The van der Waals surface area contributed by atoms with Crippen molar-refractivity contribution in [3.63, 3.8) is 0 Å². The van der Waals surface area contributed by atoms with E-state index in [1.165, 1.54) is 18.6 Å². The highest BCUT2D eigenvalue weighted by Gasteiger charge is 2.32. The first-order valence-electron chi connectivity index (χ1n) is 6.72. The third kappa shape index (κ3) is 9.47. The zero-order valence-electron chi connectivity index (χ0n) is 12.5. The fourth-order valence-electron chi connectivity index (χ4n) is 1.42. The van der Waals surface area contributed by atoms with Crippen molar-refractivity contribution in [3.05, 3.63) is 34.3 Å². The first-order valence-corrected chi connectivity index (χ1v) is 7.09. The molecule has 21 heavy (non-hydrogen) atoms. The minimum absolute atomic E-state index is 0.214. The number of ketones is 1. The molecule has 0 heterocycles. The summed E-state index contributed by atoms with van der Waals surface area (Å²) >= 11 is 5.36. The molecule has 0 atom stereocenters. The summed E-state index contributed by atoms with van der Waals surface area (Å²) in [4.78, 5) is 10.3. The van der Waals surface area contributed by atoms with Crippen molar-refractivity contribution in [1.29, 1.82) is 0 Å². The quantitative estimate of drug-likeness (QED) is 0.800. The number of carbonyl (C=O) groups is 1. The van der Waals surface area contributed by atoms with Crippen LogP contribution in [0.4, 0.5) is 13.2 Å². The van der Waals surface area contributed by atoms with Gasteiger partial charge in [0.05, 0.1) is 17.1 Å². The number of Topliss-reactive ketones (excluding diaryl/α,β-unsaturated/α-hetero) is 1. The molecule has 1 N–H and O–H groups in total. The monoisotopic (exact) mass is 323 g/mol. The fourth-order valence-corrected chi connectivity index (χ4v) is 1.65. The summed E-state index contributed by atoms with van der Waals surface area (Å²) in [6.45, 7) is 6.82. The summed E-state index contributed by atoms with van der Waals surface area (Å²) < 4.78 is 36.4. The first-order chi connectivity index (χ1) is 9.68. The molecule has 0 aliphatic rings. The molecule has 6 heteroatoms. The molecule has 0 amide bonds. The molecule has 0 aromatic heterocycles. The SMILES string of the molecule is CCCCNCC(C)=O.Cc1ccc(Cl)c(C(F)(F)F)c1. The highest BCUT2D eigenvalue weighted by atomic mass is 35.5. The molecular formula is C15H21ClF3NO. The highest BCUT2D eigenvalue weighted by molar-refractivity contribution is 6.31. The van der Waals surface area contributed by atoms with Gasteiger partial charge in [-0.2, -0.15) is 13.2 Å². The van der Waals surface area contributed by atoms with Gasteiger partial charge in [0.1, 0.15) is 5.78 Å². The maximum Gasteiger partial charge on any atom is 0.417 e. The second-order valence-corrected chi connectivity index (χ2v) is 5.12. The zero-order valence-corrected chi connectivity index (χ0v) is 13.2. The number of benzene rings is 1. The van der Waals surface area contributed by atoms with Crippen LogP contribution in [0, 0.1) is 6.92 Å². The maximum absolute atomic E-state index is 12.1. The van der Waals surface area contributed by atoms with Gasteiger partial charge in [-0.25, -0.2) is 0 Å². The lowest BCUT2D eigenvalue weighted by Crippen LogP contribution is -2.21. The third-order valence-electron chi connectivity index (χ3n) is 2.51. The molecule has 1 aromatic carbocycles. The summed E-state index contributed by atoms with van der Waals surface area (Å²) in [6, 6.07) is 3.82. The van der Waals surface area contributed by atoms with Crippen LogP contribution in [-0.2, 0) is 11.0 Å². The van der Waals surface area contributed by atoms with Crippen molar-refractivity contribution in [3.8, 4) is 0 Å². The van der Waals surface area contributed by atoms with Crippen LogP contribution in [0.25, 0.3) is 0 Å². The molecule has 1 rings (SSSR count). The third-order valence-corrected chi connectivity index (χ3v) is 2.84. The van der Waals surface area contributed by atoms with Gasteiger partial charge in [0.15, 0.2) is 0 Å². The fraction of sp³-hybridized carbons (Fsp3) is 0.533. The smallest absolute Gasteiger partial charge is 0.310 e. The van der Waals surface area contributed by atoms with Gasteiger partial charge in [0.2, 0.25) is 0 Å². The van der Waals surface area contributed by atoms with Crippen LogP contribution in [0.1, 0.15) is 37.8 Å². The van der Waals surface area contributed by atoms with E-state index in [9.17, 15) is 18.0 Å². The molecule has 0 aliphatic carbocycles. The van der Waals surface area contributed by atoms with Gasteiger partial charge in [0.25, 0.3) is 0 Å². The van der Waals surface area contributed by atoms with Gasteiger partial charge in [0, 0.05) is 0 Å². The Morgan fingerprint density at radius 1 is 1.33 bits per heavy atom. The van der Waals surface area contributed by atoms with E-state index in [2.05, 4.69) is 12.2 Å². The number of nitrogens with one attached hydrogen (secondary N) is 1. The minimum Gasteiger partial charge on any atom is -0.310 e. The van der Waals surface area contributed by atoms with E-state index in [-0.39, 0.29) is 10.8 Å². The Balaban J connectivity index is 0.000000400. The highest BCUT2D eigenvalue weighted by Crippen LogP contribution is 2.34. The van der Waals surface area contributed by atoms with Crippen LogP contribution in [0.15, 0.2) is 18.2 Å². The Morgan fingerprint density at radius 2 is 1.95 bits per heavy atom. The van der Waals surface area contributed by atoms with Crippen LogP contribution >= 0.6 is 11.6 Å². The van der Waals surface area contributed by atoms with E-state index >= 15 is 0 Å². The van der Waals surface area contributed by atoms with E-state index in [4.69, 9.17) is 11.6 Å². The summed E-state index contributed by atoms with van der Waals surface area (Å²) in [7, 11) is 0. The topological polar surface area (TPSA) is 29.1 Å². The van der Waals surface area contributed by atoms with Crippen LogP contribution < -0.4 is 5.32 Å². The summed E-state index contributed by atoms with van der Waals surface area (Å²) in [5.41, 5.74) is -0.226. The van der Waals surface area contributed by atoms with Gasteiger partial charge in [-0.15, -0.1) is 0 Å². The molecule has 0 fully saturated rings. The van der Waals surface area contributed by atoms with E-state index in [0.29, 0.717) is 12.1 Å². The Bertz CT molecular complexity index is 447. The molecule has 0 saturated carbocycles. The predicted octanol–water partition coefficient (Wildman–Crippen LogP) is 4.63. The average molecular weight is 324 g/mol. The van der Waals surface area contributed by atoms with Gasteiger partial charge in [-0.05, 0) is 38.9 Å². The van der Waals surface area contributed by atoms with Crippen LogP contribution in [0.3, 0.4) is 0 Å². The lowest BCUT2D eigenvalue weighted by Gasteiger charge is -2.08. The molecule has 2 nitrogen and oxygen atoms in total. The summed E-state index contributed by atoms with van der Waals surface area (Å²) in [6.07, 6.45) is -2.01. The van der Waals surface area contributed by atoms with Crippen molar-refractivity contribution in [1.82, 2.24) is 5.32 Å². The van der Waals surface area contributed by atoms with Crippen molar-refractivity contribution in [2.24, 2.45) is 0 Å². The molecule has 0 spiro atoms. The number of unbranched alkanes of at least 4 members (excludes halogenated alkanes) is 1. The lowest BCUT2D eigenvalue weighted by atomic mass is 10.1. The van der Waals surface area contributed by atoms with Crippen molar-refractivity contribution >= 4 is 17.4 Å². The van der Waals surface area contributed by atoms with Crippen LogP contribution in [0.2, 0.25) is 5.02 Å². The van der Waals surface area contributed by atoms with Gasteiger partial charge < -0.3 is 5.32 Å². The van der Waals surface area contributed by atoms with Crippen LogP contribution in [-0.4, -0.2) is 18.9 Å². The predicted molar refractivity (Wildman–Crippen MR) is 79.6 cm³/mol. The molecule has 0 unspecified atom stereocenters. The molecule has 0 radical (unpaired) electrons. The Hall–Kier alpha value is -1.07. The van der Waals surface area contributed by atoms with Gasteiger partial charge >= 0.3 is 6.18 Å². The summed E-state index contributed by atoms with van der Waals surface area (Å²) in [5, 5.41) is 2.78. The molecular weight excluding hydrogens is 303 g/mol. The largest absolute Gasteiger partial charge is 0.417 e. The normalized spacial score (nSPS) is 10.8. The number of rotatable bonds is 5. The van der Waals surface area contributed by atoms with Gasteiger partial charge in [-0.1, -0.05) is 36.6 Å². The lowest BCUT2D eigenvalue weighted by molar-refractivity contribution is -0.137. The average Bonchev–Trinajstić information content (AvgIpc) is 2.37. The van der Waals surface area contributed by atoms with Crippen molar-refractivity contribution in [2.45, 2.75) is 39.8 Å². The van der Waals surface area contributed by atoms with Crippen molar-refractivity contribution in [2.75, 3.05) is 13.1 Å². The standard InChI is InChI=1S/C8H6ClF3.C7H15NO/c1-5-2-3-7(9)6(4-5)8(10,11)12;1-3-4-5-8-6-7(2)9/h2-4H,1H3;8H,3-6H2,1-2H3. The molecule has 0 saturated heterocycles. The second-order valence-electron chi connectivity index (χ2n) is 4.71. The first kappa shape index (κ1) is 19.9. The number of carbonyl (C=O) groups excluding carboxylic acids is 1. The van der Waals surface area contributed by atoms with Crippen molar-refractivity contribution < 1.29 is 18.0 Å². The Morgan fingerprint density at radius 3 is 2.38 bits per heavy atom. The van der Waals surface area contributed by atoms with E-state index in [0.717, 1.165) is 19.0 Å². The number of aryl methyl sites for hydroxylation is 1. The van der Waals surface area contributed by atoms with Gasteiger partial charge in [-0.3, -0.25) is 4.79 Å². The van der Waals surface area contributed by atoms with E-state index in [1.807, 2.05) is 0 Å². The Kier molecular flexibility index (Phi) is 9.29. The molecule has 0 bridgehead atoms. The Labute approximate surface area is 128 Å². The van der Waals surface area contributed by atoms with E-state index < -0.39 is 11.7 Å². The van der Waals surface area contributed by atoms with E-state index in [1.54, 1.807) is 13.8 Å². The minimum atomic E-state index is -4.36. The second kappa shape index (κ2) is 9.79. The maximum atomic E-state index is 12.1. The zero-order chi connectivity index (χ0) is 16.5. The summed E-state index contributed by atoms with van der Waals surface area (Å²) in [5.74, 6) is 0.214. The molecule has 1 aromatic rings.